The van der Waals surface area contributed by atoms with Gasteiger partial charge in [-0.3, -0.25) is 19.2 Å². The van der Waals surface area contributed by atoms with Crippen LogP contribution in [0.2, 0.25) is 0 Å². The van der Waals surface area contributed by atoms with Crippen molar-refractivity contribution in [3.8, 4) is 5.75 Å². The fourth-order valence-corrected chi connectivity index (χ4v) is 3.44. The summed E-state index contributed by atoms with van der Waals surface area (Å²) in [4.78, 5) is 59.0. The molecule has 1 saturated heterocycles. The largest absolute Gasteiger partial charge is 0.463 e. The molecule has 6 atom stereocenters. The third-order valence-corrected chi connectivity index (χ3v) is 5.06. The Kier molecular flexibility index (Phi) is 11.5. The predicted molar refractivity (Wildman–Crippen MR) is 118 cm³/mol. The van der Waals surface area contributed by atoms with Gasteiger partial charge in [0.2, 0.25) is 34.8 Å². The molecule has 0 aromatic heterocycles. The second kappa shape index (κ2) is 14.1. The number of nitrogens with two attached hydrogens (primary N) is 1. The Morgan fingerprint density at radius 3 is 1.68 bits per heavy atom. The van der Waals surface area contributed by atoms with Gasteiger partial charge in [0.1, 0.15) is 18.8 Å². The Balaban J connectivity index is 2.32. The number of hydrogen-bond acceptors (Lipinski definition) is 13. The Labute approximate surface area is 227 Å². The van der Waals surface area contributed by atoms with E-state index in [1.54, 1.807) is 0 Å². The van der Waals surface area contributed by atoms with Crippen molar-refractivity contribution in [1.29, 1.82) is 0 Å². The molecule has 0 aliphatic carbocycles. The van der Waals surface area contributed by atoms with Crippen molar-refractivity contribution in [2.75, 3.05) is 13.2 Å². The highest BCUT2D eigenvalue weighted by atomic mass is 19.2. The molecule has 41 heavy (non-hydrogen) atoms. The van der Waals surface area contributed by atoms with E-state index in [0.717, 1.165) is 27.7 Å². The van der Waals surface area contributed by atoms with E-state index in [1.165, 1.54) is 0 Å². The van der Waals surface area contributed by atoms with Crippen LogP contribution in [0, 0.1) is 29.1 Å². The van der Waals surface area contributed by atoms with Crippen LogP contribution >= 0.6 is 0 Å². The van der Waals surface area contributed by atoms with E-state index in [-0.39, 0.29) is 0 Å². The second-order valence-electron chi connectivity index (χ2n) is 8.33. The van der Waals surface area contributed by atoms with Gasteiger partial charge in [0.15, 0.2) is 24.6 Å². The summed E-state index contributed by atoms with van der Waals surface area (Å²) in [6.07, 6.45) is -8.05. The summed E-state index contributed by atoms with van der Waals surface area (Å²) in [6.45, 7) is 2.37. The highest BCUT2D eigenvalue weighted by Crippen LogP contribution is 2.31. The topological polar surface area (TPSA) is 176 Å². The van der Waals surface area contributed by atoms with Crippen LogP contribution in [0.3, 0.4) is 0 Å². The molecule has 228 valence electrons. The number of carbonyl (C=O) groups is 5. The van der Waals surface area contributed by atoms with Crippen LogP contribution in [0.5, 0.6) is 5.75 Å². The van der Waals surface area contributed by atoms with Crippen molar-refractivity contribution in [2.24, 2.45) is 5.73 Å². The van der Waals surface area contributed by atoms with Gasteiger partial charge >= 0.3 is 29.8 Å². The average molecular weight is 601 g/mol. The smallest absolute Gasteiger partial charge is 0.330 e. The first-order valence-corrected chi connectivity index (χ1v) is 11.5. The number of benzene rings is 1. The molecule has 0 unspecified atom stereocenters. The van der Waals surface area contributed by atoms with Crippen LogP contribution in [0.25, 0.3) is 0 Å². The molecule has 0 saturated carbocycles. The zero-order chi connectivity index (χ0) is 31.2. The first-order valence-electron chi connectivity index (χ1n) is 11.5. The lowest BCUT2D eigenvalue weighted by molar-refractivity contribution is -0.308. The quantitative estimate of drug-likeness (QED) is 0.0992. The van der Waals surface area contributed by atoms with Crippen LogP contribution in [-0.2, 0) is 52.4 Å². The van der Waals surface area contributed by atoms with Crippen molar-refractivity contribution >= 4 is 29.8 Å². The highest BCUT2D eigenvalue weighted by Gasteiger charge is 2.53. The third kappa shape index (κ3) is 8.54. The van der Waals surface area contributed by atoms with Gasteiger partial charge in [-0.1, -0.05) is 0 Å². The lowest BCUT2D eigenvalue weighted by Crippen LogP contribution is -2.63. The maximum absolute atomic E-state index is 13.9. The molecule has 0 radical (unpaired) electrons. The van der Waals surface area contributed by atoms with Crippen LogP contribution in [0.1, 0.15) is 27.7 Å². The van der Waals surface area contributed by atoms with Crippen molar-refractivity contribution in [1.82, 2.24) is 0 Å². The SMILES string of the molecule is CC(=O)OC[C@H]1O[C@@H](OC[C@H](N)C(=O)Oc2c(F)c(F)c(F)c(F)c2F)[C@H](OC(C)=O)[C@@H](OC(C)=O)[C@@H]1OC(C)=O. The van der Waals surface area contributed by atoms with E-state index in [4.69, 9.17) is 34.2 Å². The Bertz CT molecular complexity index is 1170. The van der Waals surface area contributed by atoms with Crippen molar-refractivity contribution in [3.63, 3.8) is 0 Å². The zero-order valence-corrected chi connectivity index (χ0v) is 21.7. The molecule has 0 amide bonds. The van der Waals surface area contributed by atoms with E-state index in [9.17, 15) is 45.9 Å². The molecule has 2 N–H and O–H groups in total. The van der Waals surface area contributed by atoms with Gasteiger partial charge in [0.05, 0.1) is 6.61 Å². The highest BCUT2D eigenvalue weighted by molar-refractivity contribution is 5.78. The molecular weight excluding hydrogens is 577 g/mol. The number of hydrogen-bond donors (Lipinski definition) is 1. The first kappa shape index (κ1) is 33.3. The minimum absolute atomic E-state index is 0.605. The van der Waals surface area contributed by atoms with Crippen LogP contribution in [0.4, 0.5) is 22.0 Å². The molecule has 13 nitrogen and oxygen atoms in total. The van der Waals surface area contributed by atoms with Gasteiger partial charge in [-0.15, -0.1) is 0 Å². The molecule has 1 aliphatic rings. The molecule has 1 aromatic rings. The van der Waals surface area contributed by atoms with Gasteiger partial charge in [0, 0.05) is 27.7 Å². The van der Waals surface area contributed by atoms with Gasteiger partial charge in [0.25, 0.3) is 0 Å². The number of esters is 5. The molecular formula is C23H24F5NO12. The summed E-state index contributed by atoms with van der Waals surface area (Å²) < 4.78 is 103. The van der Waals surface area contributed by atoms with E-state index < -0.39 is 115 Å². The fourth-order valence-electron chi connectivity index (χ4n) is 3.44. The molecule has 18 heteroatoms. The minimum Gasteiger partial charge on any atom is -0.463 e. The molecule has 2 rings (SSSR count). The zero-order valence-electron chi connectivity index (χ0n) is 21.7. The van der Waals surface area contributed by atoms with E-state index in [1.807, 2.05) is 0 Å². The minimum atomic E-state index is -2.49. The Morgan fingerprint density at radius 1 is 0.732 bits per heavy atom. The van der Waals surface area contributed by atoms with Gasteiger partial charge in [-0.2, -0.15) is 8.78 Å². The van der Waals surface area contributed by atoms with Crippen LogP contribution < -0.4 is 10.5 Å². The summed E-state index contributed by atoms with van der Waals surface area (Å²) in [5.74, 6) is -19.4. The maximum Gasteiger partial charge on any atom is 0.330 e. The predicted octanol–water partition coefficient (Wildman–Crippen LogP) is 0.714. The lowest BCUT2D eigenvalue weighted by Gasteiger charge is -2.44. The molecule has 1 fully saturated rings. The lowest BCUT2D eigenvalue weighted by atomic mass is 9.98. The molecule has 0 bridgehead atoms. The average Bonchev–Trinajstić information content (AvgIpc) is 2.88. The van der Waals surface area contributed by atoms with Gasteiger partial charge < -0.3 is 38.9 Å². The van der Waals surface area contributed by atoms with Crippen molar-refractivity contribution < 1.29 is 79.1 Å². The molecule has 1 heterocycles. The standard InChI is InChI=1S/C23H24F5NO12/c1-7(30)35-6-12-18(37-8(2)31)20(38-9(3)32)21(39-10(4)33)23(40-12)36-5-11(29)22(34)41-19-16(27)14(25)13(24)15(26)17(19)28/h11-12,18,20-21,23H,5-6,29H2,1-4H3/t11-,12+,18+,20-,21+,23+/m0/s1. The number of rotatable bonds is 10. The fraction of sp³-hybridized carbons (Fsp3) is 0.522. The monoisotopic (exact) mass is 601 g/mol. The summed E-state index contributed by atoms with van der Waals surface area (Å²) >= 11 is 0. The Morgan fingerprint density at radius 2 is 1.20 bits per heavy atom. The number of ether oxygens (including phenoxy) is 7. The summed E-state index contributed by atoms with van der Waals surface area (Å²) in [6, 6.07) is -1.98. The van der Waals surface area contributed by atoms with Gasteiger partial charge in [-0.25, -0.2) is 18.0 Å². The number of halogens is 5. The van der Waals surface area contributed by atoms with Crippen LogP contribution in [-0.4, -0.2) is 79.8 Å². The van der Waals surface area contributed by atoms with E-state index in [0.29, 0.717) is 0 Å². The summed E-state index contributed by atoms with van der Waals surface area (Å²) in [5.41, 5.74) is 5.58. The summed E-state index contributed by atoms with van der Waals surface area (Å²) in [5, 5.41) is 0. The third-order valence-electron chi connectivity index (χ3n) is 5.06. The normalized spacial score (nSPS) is 22.7. The molecule has 0 spiro atoms. The van der Waals surface area contributed by atoms with Crippen molar-refractivity contribution in [3.05, 3.63) is 29.1 Å². The van der Waals surface area contributed by atoms with E-state index >= 15 is 0 Å². The number of carbonyl (C=O) groups excluding carboxylic acids is 5. The summed E-state index contributed by atoms with van der Waals surface area (Å²) in [7, 11) is 0. The van der Waals surface area contributed by atoms with Crippen LogP contribution in [0.15, 0.2) is 0 Å². The maximum atomic E-state index is 13.9. The second-order valence-corrected chi connectivity index (χ2v) is 8.33. The van der Waals surface area contributed by atoms with Gasteiger partial charge in [-0.05, 0) is 0 Å². The molecule has 1 aromatic carbocycles. The first-order chi connectivity index (χ1) is 19.0. The van der Waals surface area contributed by atoms with E-state index in [2.05, 4.69) is 4.74 Å². The molecule has 1 aliphatic heterocycles. The Hall–Kier alpha value is -3.90. The van der Waals surface area contributed by atoms with Crippen molar-refractivity contribution in [2.45, 2.75) is 64.4 Å².